The molecule has 16 heavy (non-hydrogen) atoms. The van der Waals surface area contributed by atoms with Gasteiger partial charge in [-0.1, -0.05) is 13.8 Å². The fourth-order valence-electron chi connectivity index (χ4n) is 2.06. The number of ether oxygens (including phenoxy) is 2. The molecular formula is C13H26O3. The topological polar surface area (TPSA) is 38.7 Å². The number of hydrogen-bond acceptors (Lipinski definition) is 3. The third-order valence-electron chi connectivity index (χ3n) is 3.63. The van der Waals surface area contributed by atoms with E-state index in [-0.39, 0.29) is 23.2 Å². The molecule has 0 bridgehead atoms. The number of aliphatic hydroxyl groups excluding tert-OH is 1. The van der Waals surface area contributed by atoms with Crippen molar-refractivity contribution in [3.63, 3.8) is 0 Å². The van der Waals surface area contributed by atoms with Gasteiger partial charge in [0.1, 0.15) is 0 Å². The van der Waals surface area contributed by atoms with Crippen molar-refractivity contribution in [3.05, 3.63) is 0 Å². The zero-order chi connectivity index (χ0) is 12.4. The van der Waals surface area contributed by atoms with Crippen LogP contribution < -0.4 is 0 Å². The highest BCUT2D eigenvalue weighted by atomic mass is 16.5. The summed E-state index contributed by atoms with van der Waals surface area (Å²) in [4.78, 5) is 0. The van der Waals surface area contributed by atoms with Gasteiger partial charge >= 0.3 is 0 Å². The lowest BCUT2D eigenvalue weighted by atomic mass is 9.63. The lowest BCUT2D eigenvalue weighted by molar-refractivity contribution is -0.192. The van der Waals surface area contributed by atoms with E-state index >= 15 is 0 Å². The minimum absolute atomic E-state index is 0.0538. The van der Waals surface area contributed by atoms with Gasteiger partial charge in [0.05, 0.1) is 31.0 Å². The maximum atomic E-state index is 9.71. The van der Waals surface area contributed by atoms with Gasteiger partial charge in [0.25, 0.3) is 0 Å². The second-order valence-corrected chi connectivity index (χ2v) is 5.93. The highest BCUT2D eigenvalue weighted by Crippen LogP contribution is 2.45. The first-order valence-electron chi connectivity index (χ1n) is 6.23. The van der Waals surface area contributed by atoms with Crippen molar-refractivity contribution in [2.24, 2.45) is 5.41 Å². The molecule has 0 aromatic rings. The molecule has 1 saturated carbocycles. The molecule has 0 saturated heterocycles. The Labute approximate surface area is 99.1 Å². The lowest BCUT2D eigenvalue weighted by Crippen LogP contribution is -2.56. The molecular weight excluding hydrogens is 204 g/mol. The minimum atomic E-state index is -0.203. The van der Waals surface area contributed by atoms with Gasteiger partial charge in [-0.25, -0.2) is 0 Å². The minimum Gasteiger partial charge on any atom is -0.392 e. The Morgan fingerprint density at radius 1 is 1.31 bits per heavy atom. The van der Waals surface area contributed by atoms with Crippen LogP contribution in [0, 0.1) is 5.41 Å². The summed E-state index contributed by atoms with van der Waals surface area (Å²) in [5, 5.41) is 9.71. The summed E-state index contributed by atoms with van der Waals surface area (Å²) in [6.45, 7) is 11.5. The molecule has 96 valence electrons. The predicted octanol–water partition coefficient (Wildman–Crippen LogP) is 2.37. The van der Waals surface area contributed by atoms with E-state index in [0.717, 1.165) is 12.8 Å². The normalized spacial score (nSPS) is 34.9. The van der Waals surface area contributed by atoms with E-state index in [2.05, 4.69) is 13.8 Å². The Bertz CT molecular complexity index is 222. The highest BCUT2D eigenvalue weighted by Gasteiger charge is 2.50. The van der Waals surface area contributed by atoms with Gasteiger partial charge in [0, 0.05) is 11.8 Å². The molecule has 3 unspecified atom stereocenters. The standard InChI is InChI=1S/C13H26O3/c1-6-13(5)10(14)9-11(13)15-7-8-16-12(2,3)4/h10-11,14H,6-9H2,1-5H3. The van der Waals surface area contributed by atoms with E-state index in [4.69, 9.17) is 9.47 Å². The molecule has 3 atom stereocenters. The lowest BCUT2D eigenvalue weighted by Gasteiger charge is -2.50. The number of hydrogen-bond donors (Lipinski definition) is 1. The summed E-state index contributed by atoms with van der Waals surface area (Å²) in [5.41, 5.74) is -0.154. The molecule has 3 nitrogen and oxygen atoms in total. The predicted molar refractivity (Wildman–Crippen MR) is 64.5 cm³/mol. The summed E-state index contributed by atoms with van der Waals surface area (Å²) in [5.74, 6) is 0. The van der Waals surface area contributed by atoms with Crippen LogP contribution in [0.5, 0.6) is 0 Å². The summed E-state index contributed by atoms with van der Waals surface area (Å²) >= 11 is 0. The Kier molecular flexibility index (Phi) is 4.38. The summed E-state index contributed by atoms with van der Waals surface area (Å²) in [7, 11) is 0. The maximum absolute atomic E-state index is 9.71. The Hall–Kier alpha value is -0.120. The summed E-state index contributed by atoms with van der Waals surface area (Å²) < 4.78 is 11.4. The van der Waals surface area contributed by atoms with Crippen LogP contribution in [0.25, 0.3) is 0 Å². The van der Waals surface area contributed by atoms with Gasteiger partial charge in [0.15, 0.2) is 0 Å². The molecule has 0 radical (unpaired) electrons. The third kappa shape index (κ3) is 3.19. The van der Waals surface area contributed by atoms with Crippen LogP contribution in [0.2, 0.25) is 0 Å². The number of aliphatic hydroxyl groups is 1. The second kappa shape index (κ2) is 5.03. The van der Waals surface area contributed by atoms with Crippen molar-refractivity contribution in [2.75, 3.05) is 13.2 Å². The van der Waals surface area contributed by atoms with Gasteiger partial charge < -0.3 is 14.6 Å². The molecule has 1 aliphatic carbocycles. The summed E-state index contributed by atoms with van der Waals surface area (Å²) in [6.07, 6.45) is 1.71. The van der Waals surface area contributed by atoms with E-state index in [1.54, 1.807) is 0 Å². The quantitative estimate of drug-likeness (QED) is 0.737. The first-order valence-corrected chi connectivity index (χ1v) is 6.23. The Morgan fingerprint density at radius 3 is 2.38 bits per heavy atom. The fourth-order valence-corrected chi connectivity index (χ4v) is 2.06. The average Bonchev–Trinajstić information content (AvgIpc) is 2.19. The van der Waals surface area contributed by atoms with Crippen molar-refractivity contribution in [1.82, 2.24) is 0 Å². The van der Waals surface area contributed by atoms with Crippen LogP contribution in [-0.2, 0) is 9.47 Å². The van der Waals surface area contributed by atoms with Crippen molar-refractivity contribution >= 4 is 0 Å². The molecule has 1 N–H and O–H groups in total. The number of rotatable bonds is 5. The van der Waals surface area contributed by atoms with Gasteiger partial charge in [-0.3, -0.25) is 0 Å². The average molecular weight is 230 g/mol. The Morgan fingerprint density at radius 2 is 1.94 bits per heavy atom. The molecule has 0 aromatic heterocycles. The van der Waals surface area contributed by atoms with E-state index in [0.29, 0.717) is 13.2 Å². The van der Waals surface area contributed by atoms with Crippen LogP contribution in [0.4, 0.5) is 0 Å². The highest BCUT2D eigenvalue weighted by molar-refractivity contribution is 5.00. The largest absolute Gasteiger partial charge is 0.392 e. The van der Waals surface area contributed by atoms with E-state index in [9.17, 15) is 5.11 Å². The molecule has 0 amide bonds. The van der Waals surface area contributed by atoms with E-state index < -0.39 is 0 Å². The molecule has 0 aromatic carbocycles. The zero-order valence-electron chi connectivity index (χ0n) is 11.2. The van der Waals surface area contributed by atoms with Crippen LogP contribution in [-0.4, -0.2) is 36.1 Å². The third-order valence-corrected chi connectivity index (χ3v) is 3.63. The van der Waals surface area contributed by atoms with Crippen molar-refractivity contribution < 1.29 is 14.6 Å². The molecule has 3 heteroatoms. The van der Waals surface area contributed by atoms with Crippen LogP contribution >= 0.6 is 0 Å². The monoisotopic (exact) mass is 230 g/mol. The van der Waals surface area contributed by atoms with Crippen LogP contribution in [0.3, 0.4) is 0 Å². The van der Waals surface area contributed by atoms with Crippen molar-refractivity contribution in [1.29, 1.82) is 0 Å². The molecule has 1 aliphatic rings. The van der Waals surface area contributed by atoms with Gasteiger partial charge in [-0.05, 0) is 27.2 Å². The molecule has 1 rings (SSSR count). The Balaban J connectivity index is 2.20. The van der Waals surface area contributed by atoms with Crippen molar-refractivity contribution in [3.8, 4) is 0 Å². The maximum Gasteiger partial charge on any atom is 0.0707 e. The summed E-state index contributed by atoms with van der Waals surface area (Å²) in [6, 6.07) is 0. The first-order chi connectivity index (χ1) is 7.29. The van der Waals surface area contributed by atoms with Crippen LogP contribution in [0.1, 0.15) is 47.5 Å². The van der Waals surface area contributed by atoms with Gasteiger partial charge in [-0.15, -0.1) is 0 Å². The first kappa shape index (κ1) is 13.9. The second-order valence-electron chi connectivity index (χ2n) is 5.93. The SMILES string of the molecule is CCC1(C)C(O)CC1OCCOC(C)(C)C. The van der Waals surface area contributed by atoms with E-state index in [1.165, 1.54) is 0 Å². The molecule has 0 spiro atoms. The smallest absolute Gasteiger partial charge is 0.0707 e. The molecule has 0 heterocycles. The molecule has 0 aliphatic heterocycles. The fraction of sp³-hybridized carbons (Fsp3) is 1.00. The zero-order valence-corrected chi connectivity index (χ0v) is 11.2. The van der Waals surface area contributed by atoms with Crippen molar-refractivity contribution in [2.45, 2.75) is 65.3 Å². The van der Waals surface area contributed by atoms with Gasteiger partial charge in [-0.2, -0.15) is 0 Å². The van der Waals surface area contributed by atoms with Gasteiger partial charge in [0.2, 0.25) is 0 Å². The van der Waals surface area contributed by atoms with E-state index in [1.807, 2.05) is 20.8 Å². The van der Waals surface area contributed by atoms with Crippen LogP contribution in [0.15, 0.2) is 0 Å². The molecule has 1 fully saturated rings.